The standard InChI is InChI=1S/C15H20BrNO/c1-12(16)14(18)17-11-15(9-5-6-10-15)13-7-3-2-4-8-13/h2-4,7-8,12H,5-6,9-11H2,1H3,(H,17,18). The summed E-state index contributed by atoms with van der Waals surface area (Å²) in [4.78, 5) is 11.6. The number of alkyl halides is 1. The summed E-state index contributed by atoms with van der Waals surface area (Å²) in [6.45, 7) is 2.62. The van der Waals surface area contributed by atoms with Crippen LogP contribution in [0.25, 0.3) is 0 Å². The minimum atomic E-state index is -0.119. The fourth-order valence-electron chi connectivity index (χ4n) is 2.81. The molecule has 1 amide bonds. The minimum absolute atomic E-state index is 0.0807. The van der Waals surface area contributed by atoms with E-state index in [0.717, 1.165) is 6.54 Å². The zero-order chi connectivity index (χ0) is 13.0. The third-order valence-electron chi connectivity index (χ3n) is 3.91. The molecule has 0 aromatic heterocycles. The topological polar surface area (TPSA) is 29.1 Å². The van der Waals surface area contributed by atoms with Crippen molar-refractivity contribution in [3.8, 4) is 0 Å². The molecule has 2 rings (SSSR count). The second kappa shape index (κ2) is 5.87. The van der Waals surface area contributed by atoms with Gasteiger partial charge in [0.15, 0.2) is 0 Å². The highest BCUT2D eigenvalue weighted by Gasteiger charge is 2.35. The van der Waals surface area contributed by atoms with Gasteiger partial charge < -0.3 is 5.32 Å². The van der Waals surface area contributed by atoms with Crippen molar-refractivity contribution in [1.82, 2.24) is 5.32 Å². The lowest BCUT2D eigenvalue weighted by atomic mass is 9.79. The molecule has 1 unspecified atom stereocenters. The maximum Gasteiger partial charge on any atom is 0.233 e. The van der Waals surface area contributed by atoms with Crippen LogP contribution in [0.2, 0.25) is 0 Å². The zero-order valence-electron chi connectivity index (χ0n) is 10.8. The van der Waals surface area contributed by atoms with Crippen molar-refractivity contribution in [3.63, 3.8) is 0 Å². The highest BCUT2D eigenvalue weighted by molar-refractivity contribution is 9.10. The summed E-state index contributed by atoms with van der Waals surface area (Å²) in [5, 5.41) is 3.08. The van der Waals surface area contributed by atoms with Crippen LogP contribution in [0.5, 0.6) is 0 Å². The van der Waals surface area contributed by atoms with E-state index in [1.165, 1.54) is 31.2 Å². The van der Waals surface area contributed by atoms with Crippen molar-refractivity contribution in [1.29, 1.82) is 0 Å². The van der Waals surface area contributed by atoms with Gasteiger partial charge in [0.05, 0.1) is 4.83 Å². The van der Waals surface area contributed by atoms with Crippen LogP contribution >= 0.6 is 15.9 Å². The summed E-state index contributed by atoms with van der Waals surface area (Å²) in [5.74, 6) is 0.0807. The molecular formula is C15H20BrNO. The smallest absolute Gasteiger partial charge is 0.233 e. The van der Waals surface area contributed by atoms with Crippen molar-refractivity contribution in [3.05, 3.63) is 35.9 Å². The predicted octanol–water partition coefficient (Wildman–Crippen LogP) is 3.40. The Hall–Kier alpha value is -0.830. The molecule has 0 spiro atoms. The lowest BCUT2D eigenvalue weighted by Crippen LogP contribution is -2.41. The minimum Gasteiger partial charge on any atom is -0.354 e. The van der Waals surface area contributed by atoms with Crippen LogP contribution in [0.4, 0.5) is 0 Å². The molecule has 2 nitrogen and oxygen atoms in total. The van der Waals surface area contributed by atoms with E-state index >= 15 is 0 Å². The number of hydrogen-bond donors (Lipinski definition) is 1. The molecule has 98 valence electrons. The molecule has 0 heterocycles. The molecule has 18 heavy (non-hydrogen) atoms. The number of nitrogens with one attached hydrogen (secondary N) is 1. The third-order valence-corrected chi connectivity index (χ3v) is 4.32. The summed E-state index contributed by atoms with van der Waals surface area (Å²) < 4.78 is 0. The zero-order valence-corrected chi connectivity index (χ0v) is 12.4. The lowest BCUT2D eigenvalue weighted by Gasteiger charge is -2.30. The van der Waals surface area contributed by atoms with Crippen LogP contribution in [0.3, 0.4) is 0 Å². The summed E-state index contributed by atoms with van der Waals surface area (Å²) in [5.41, 5.74) is 1.52. The normalized spacial score (nSPS) is 19.4. The van der Waals surface area contributed by atoms with Gasteiger partial charge in [-0.2, -0.15) is 0 Å². The number of amides is 1. The van der Waals surface area contributed by atoms with Crippen molar-refractivity contribution in [2.24, 2.45) is 0 Å². The number of halogens is 1. The summed E-state index contributed by atoms with van der Waals surface area (Å²) in [6.07, 6.45) is 4.87. The molecule has 3 heteroatoms. The van der Waals surface area contributed by atoms with E-state index in [4.69, 9.17) is 0 Å². The fourth-order valence-corrected chi connectivity index (χ4v) is 2.97. The summed E-state index contributed by atoms with van der Waals surface area (Å²) in [7, 11) is 0. The van der Waals surface area contributed by atoms with Gasteiger partial charge in [-0.25, -0.2) is 0 Å². The molecule has 0 aliphatic heterocycles. The van der Waals surface area contributed by atoms with E-state index in [-0.39, 0.29) is 16.1 Å². The number of rotatable bonds is 4. The quantitative estimate of drug-likeness (QED) is 0.849. The first-order valence-electron chi connectivity index (χ1n) is 6.61. The third kappa shape index (κ3) is 2.94. The van der Waals surface area contributed by atoms with E-state index in [2.05, 4.69) is 45.5 Å². The van der Waals surface area contributed by atoms with Crippen molar-refractivity contribution >= 4 is 21.8 Å². The van der Waals surface area contributed by atoms with Crippen molar-refractivity contribution in [2.45, 2.75) is 42.8 Å². The Morgan fingerprint density at radius 3 is 2.50 bits per heavy atom. The molecule has 0 bridgehead atoms. The maximum absolute atomic E-state index is 11.7. The highest BCUT2D eigenvalue weighted by atomic mass is 79.9. The Morgan fingerprint density at radius 1 is 1.33 bits per heavy atom. The van der Waals surface area contributed by atoms with Crippen LogP contribution in [0.15, 0.2) is 30.3 Å². The van der Waals surface area contributed by atoms with Gasteiger partial charge in [0.2, 0.25) is 5.91 Å². The van der Waals surface area contributed by atoms with E-state index in [9.17, 15) is 4.79 Å². The van der Waals surface area contributed by atoms with Crippen LogP contribution in [0.1, 0.15) is 38.2 Å². The Labute approximate surface area is 117 Å². The van der Waals surface area contributed by atoms with E-state index in [1.54, 1.807) is 0 Å². The molecule has 1 fully saturated rings. The maximum atomic E-state index is 11.7. The first-order chi connectivity index (χ1) is 8.64. The van der Waals surface area contributed by atoms with Gasteiger partial charge in [-0.05, 0) is 25.3 Å². The molecule has 1 aliphatic carbocycles. The van der Waals surface area contributed by atoms with Gasteiger partial charge in [-0.3, -0.25) is 4.79 Å². The number of benzene rings is 1. The Morgan fingerprint density at radius 2 is 1.94 bits per heavy atom. The lowest BCUT2D eigenvalue weighted by molar-refractivity contribution is -0.120. The van der Waals surface area contributed by atoms with Crippen LogP contribution < -0.4 is 5.32 Å². The van der Waals surface area contributed by atoms with E-state index in [0.29, 0.717) is 0 Å². The Balaban J connectivity index is 2.11. The molecular weight excluding hydrogens is 290 g/mol. The SMILES string of the molecule is CC(Br)C(=O)NCC1(c2ccccc2)CCCC1. The van der Waals surface area contributed by atoms with Crippen LogP contribution in [-0.2, 0) is 10.2 Å². The molecule has 1 saturated carbocycles. The first-order valence-corrected chi connectivity index (χ1v) is 7.53. The molecule has 1 aliphatic rings. The van der Waals surface area contributed by atoms with Gasteiger partial charge in [-0.1, -0.05) is 59.1 Å². The van der Waals surface area contributed by atoms with Crippen LogP contribution in [0, 0.1) is 0 Å². The molecule has 1 aromatic rings. The molecule has 0 saturated heterocycles. The molecule has 1 aromatic carbocycles. The molecule has 1 atom stereocenters. The number of hydrogen-bond acceptors (Lipinski definition) is 1. The van der Waals surface area contributed by atoms with Gasteiger partial charge in [0, 0.05) is 12.0 Å². The van der Waals surface area contributed by atoms with Gasteiger partial charge in [0.25, 0.3) is 0 Å². The number of carbonyl (C=O) groups excluding carboxylic acids is 1. The highest BCUT2D eigenvalue weighted by Crippen LogP contribution is 2.40. The Kier molecular flexibility index (Phi) is 4.44. The largest absolute Gasteiger partial charge is 0.354 e. The predicted molar refractivity (Wildman–Crippen MR) is 78.0 cm³/mol. The van der Waals surface area contributed by atoms with E-state index < -0.39 is 0 Å². The number of carbonyl (C=O) groups is 1. The van der Waals surface area contributed by atoms with Gasteiger partial charge in [-0.15, -0.1) is 0 Å². The van der Waals surface area contributed by atoms with Gasteiger partial charge in [0.1, 0.15) is 0 Å². The molecule has 0 radical (unpaired) electrons. The summed E-state index contributed by atoms with van der Waals surface area (Å²) in [6, 6.07) is 10.6. The monoisotopic (exact) mass is 309 g/mol. The average molecular weight is 310 g/mol. The van der Waals surface area contributed by atoms with E-state index in [1.807, 2.05) is 13.0 Å². The first kappa shape index (κ1) is 13.6. The average Bonchev–Trinajstić information content (AvgIpc) is 2.87. The molecule has 1 N–H and O–H groups in total. The van der Waals surface area contributed by atoms with Crippen LogP contribution in [-0.4, -0.2) is 17.3 Å². The van der Waals surface area contributed by atoms with Gasteiger partial charge >= 0.3 is 0 Å². The second-order valence-corrected chi connectivity index (χ2v) is 6.56. The second-order valence-electron chi connectivity index (χ2n) is 5.19. The van der Waals surface area contributed by atoms with Crippen molar-refractivity contribution in [2.75, 3.05) is 6.54 Å². The fraction of sp³-hybridized carbons (Fsp3) is 0.533. The van der Waals surface area contributed by atoms with Crippen molar-refractivity contribution < 1.29 is 4.79 Å². The Bertz CT molecular complexity index is 396. The summed E-state index contributed by atoms with van der Waals surface area (Å²) >= 11 is 3.31.